The molecule has 0 heterocycles. The van der Waals surface area contributed by atoms with Crippen molar-refractivity contribution >= 4 is 5.97 Å². The molecule has 2 aromatic rings. The van der Waals surface area contributed by atoms with E-state index >= 15 is 0 Å². The first-order valence-electron chi connectivity index (χ1n) is 6.95. The van der Waals surface area contributed by atoms with E-state index in [4.69, 9.17) is 24.1 Å². The molecule has 0 saturated carbocycles. The lowest BCUT2D eigenvalue weighted by Crippen LogP contribution is -2.10. The van der Waals surface area contributed by atoms with Crippen LogP contribution in [0.5, 0.6) is 23.0 Å². The van der Waals surface area contributed by atoms with Gasteiger partial charge in [-0.1, -0.05) is 6.07 Å². The Bertz CT molecular complexity index is 668. The lowest BCUT2D eigenvalue weighted by molar-refractivity contribution is 0.0696. The number of carboxylic acids is 1. The van der Waals surface area contributed by atoms with Crippen molar-refractivity contribution in [2.24, 2.45) is 0 Å². The van der Waals surface area contributed by atoms with Crippen molar-refractivity contribution in [1.29, 1.82) is 0 Å². The summed E-state index contributed by atoms with van der Waals surface area (Å²) in [6.45, 7) is 0.546. The number of rotatable bonds is 8. The van der Waals surface area contributed by atoms with Gasteiger partial charge < -0.3 is 24.1 Å². The maximum Gasteiger partial charge on any atom is 0.335 e. The van der Waals surface area contributed by atoms with E-state index in [1.807, 2.05) is 18.2 Å². The summed E-state index contributed by atoms with van der Waals surface area (Å²) >= 11 is 0. The number of aromatic carboxylic acids is 1. The molecule has 0 fully saturated rings. The zero-order valence-corrected chi connectivity index (χ0v) is 12.9. The highest BCUT2D eigenvalue weighted by Crippen LogP contribution is 2.28. The average molecular weight is 318 g/mol. The van der Waals surface area contributed by atoms with E-state index in [9.17, 15) is 4.79 Å². The van der Waals surface area contributed by atoms with E-state index in [0.29, 0.717) is 29.6 Å². The Labute approximate surface area is 134 Å². The first kappa shape index (κ1) is 16.5. The molecule has 0 saturated heterocycles. The van der Waals surface area contributed by atoms with Crippen molar-refractivity contribution in [2.75, 3.05) is 27.4 Å². The number of carboxylic acid groups (broad SMARTS) is 1. The molecule has 0 aromatic heterocycles. The molecule has 0 atom stereocenters. The average Bonchev–Trinajstić information content (AvgIpc) is 2.58. The van der Waals surface area contributed by atoms with Crippen molar-refractivity contribution in [1.82, 2.24) is 0 Å². The molecule has 23 heavy (non-hydrogen) atoms. The normalized spacial score (nSPS) is 10.0. The Balaban J connectivity index is 1.92. The van der Waals surface area contributed by atoms with Crippen LogP contribution >= 0.6 is 0 Å². The zero-order valence-electron chi connectivity index (χ0n) is 12.9. The molecule has 0 unspecified atom stereocenters. The first-order valence-corrected chi connectivity index (χ1v) is 6.95. The lowest BCUT2D eigenvalue weighted by Gasteiger charge is -2.12. The number of hydrogen-bond acceptors (Lipinski definition) is 5. The third-order valence-corrected chi connectivity index (χ3v) is 3.06. The van der Waals surface area contributed by atoms with Crippen molar-refractivity contribution in [2.45, 2.75) is 0 Å². The molecule has 1 N–H and O–H groups in total. The van der Waals surface area contributed by atoms with Crippen LogP contribution in [0.3, 0.4) is 0 Å². The van der Waals surface area contributed by atoms with Gasteiger partial charge in [0.15, 0.2) is 11.5 Å². The highest BCUT2D eigenvalue weighted by molar-refractivity contribution is 5.88. The van der Waals surface area contributed by atoms with Gasteiger partial charge in [0.05, 0.1) is 19.8 Å². The minimum atomic E-state index is -1.02. The standard InChI is InChI=1S/C17H18O6/c1-20-13-4-3-5-14(11-13)22-8-9-23-16-10-12(17(18)19)6-7-15(16)21-2/h3-7,10-11H,8-9H2,1-2H3,(H,18,19). The summed E-state index contributed by atoms with van der Waals surface area (Å²) in [6.07, 6.45) is 0. The Kier molecular flexibility index (Phi) is 5.68. The molecule has 0 amide bonds. The van der Waals surface area contributed by atoms with Gasteiger partial charge in [-0.15, -0.1) is 0 Å². The van der Waals surface area contributed by atoms with Crippen molar-refractivity contribution in [3.8, 4) is 23.0 Å². The first-order chi connectivity index (χ1) is 11.1. The van der Waals surface area contributed by atoms with Gasteiger partial charge in [-0.05, 0) is 30.3 Å². The Morgan fingerprint density at radius 2 is 1.65 bits per heavy atom. The second-order valence-electron chi connectivity index (χ2n) is 4.55. The molecule has 0 aliphatic heterocycles. The molecule has 0 bridgehead atoms. The maximum atomic E-state index is 11.0. The van der Waals surface area contributed by atoms with Crippen LogP contribution < -0.4 is 18.9 Å². The van der Waals surface area contributed by atoms with Gasteiger partial charge in [0.2, 0.25) is 0 Å². The number of benzene rings is 2. The van der Waals surface area contributed by atoms with Crippen LogP contribution in [0.4, 0.5) is 0 Å². The van der Waals surface area contributed by atoms with Crippen LogP contribution in [-0.4, -0.2) is 38.5 Å². The summed E-state index contributed by atoms with van der Waals surface area (Å²) < 4.78 is 21.4. The van der Waals surface area contributed by atoms with Gasteiger partial charge in [0.1, 0.15) is 24.7 Å². The number of carbonyl (C=O) groups is 1. The van der Waals surface area contributed by atoms with Crippen molar-refractivity contribution < 1.29 is 28.8 Å². The molecule has 6 nitrogen and oxygen atoms in total. The van der Waals surface area contributed by atoms with E-state index in [-0.39, 0.29) is 12.2 Å². The molecule has 0 spiro atoms. The Hall–Kier alpha value is -2.89. The molecule has 122 valence electrons. The molecule has 0 radical (unpaired) electrons. The second-order valence-corrected chi connectivity index (χ2v) is 4.55. The molecule has 2 aromatic carbocycles. The van der Waals surface area contributed by atoms with Gasteiger partial charge in [0.25, 0.3) is 0 Å². The summed E-state index contributed by atoms with van der Waals surface area (Å²) in [5.41, 5.74) is 0.134. The molecule has 2 rings (SSSR count). The monoisotopic (exact) mass is 318 g/mol. The SMILES string of the molecule is COc1cccc(OCCOc2cc(C(=O)O)ccc2OC)c1. The van der Waals surface area contributed by atoms with Gasteiger partial charge >= 0.3 is 5.97 Å². The van der Waals surface area contributed by atoms with Crippen LogP contribution in [0, 0.1) is 0 Å². The highest BCUT2D eigenvalue weighted by Gasteiger charge is 2.10. The minimum absolute atomic E-state index is 0.134. The molecular weight excluding hydrogens is 300 g/mol. The maximum absolute atomic E-state index is 11.0. The van der Waals surface area contributed by atoms with Crippen molar-refractivity contribution in [3.05, 3.63) is 48.0 Å². The summed E-state index contributed by atoms with van der Waals surface area (Å²) in [5, 5.41) is 9.01. The molecule has 0 aliphatic carbocycles. The summed E-state index contributed by atoms with van der Waals surface area (Å²) in [5.74, 6) is 1.18. The van der Waals surface area contributed by atoms with E-state index in [1.54, 1.807) is 19.2 Å². The van der Waals surface area contributed by atoms with E-state index in [1.165, 1.54) is 19.2 Å². The highest BCUT2D eigenvalue weighted by atomic mass is 16.5. The quantitative estimate of drug-likeness (QED) is 0.754. The van der Waals surface area contributed by atoms with Crippen LogP contribution in [0.2, 0.25) is 0 Å². The topological polar surface area (TPSA) is 74.2 Å². The fourth-order valence-corrected chi connectivity index (χ4v) is 1.92. The number of ether oxygens (including phenoxy) is 4. The Morgan fingerprint density at radius 1 is 0.913 bits per heavy atom. The summed E-state index contributed by atoms with van der Waals surface area (Å²) in [4.78, 5) is 11.0. The van der Waals surface area contributed by atoms with Crippen molar-refractivity contribution in [3.63, 3.8) is 0 Å². The van der Waals surface area contributed by atoms with E-state index in [0.717, 1.165) is 0 Å². The van der Waals surface area contributed by atoms with Gasteiger partial charge in [-0.25, -0.2) is 4.79 Å². The smallest absolute Gasteiger partial charge is 0.335 e. The largest absolute Gasteiger partial charge is 0.497 e. The van der Waals surface area contributed by atoms with Gasteiger partial charge in [-0.2, -0.15) is 0 Å². The third kappa shape index (κ3) is 4.54. The summed E-state index contributed by atoms with van der Waals surface area (Å²) in [6, 6.07) is 11.7. The van der Waals surface area contributed by atoms with Crippen LogP contribution in [0.15, 0.2) is 42.5 Å². The predicted molar refractivity (Wildman–Crippen MR) is 83.9 cm³/mol. The lowest BCUT2D eigenvalue weighted by atomic mass is 10.2. The Morgan fingerprint density at radius 3 is 2.35 bits per heavy atom. The molecule has 0 aliphatic rings. The van der Waals surface area contributed by atoms with Crippen LogP contribution in [0.1, 0.15) is 10.4 Å². The molecule has 6 heteroatoms. The van der Waals surface area contributed by atoms with Crippen LogP contribution in [-0.2, 0) is 0 Å². The fourth-order valence-electron chi connectivity index (χ4n) is 1.92. The van der Waals surface area contributed by atoms with Gasteiger partial charge in [0, 0.05) is 6.07 Å². The number of methoxy groups -OCH3 is 2. The van der Waals surface area contributed by atoms with Gasteiger partial charge in [-0.3, -0.25) is 0 Å². The minimum Gasteiger partial charge on any atom is -0.497 e. The zero-order chi connectivity index (χ0) is 16.7. The predicted octanol–water partition coefficient (Wildman–Crippen LogP) is 2.86. The second kappa shape index (κ2) is 7.93. The van der Waals surface area contributed by atoms with E-state index < -0.39 is 5.97 Å². The molecular formula is C17H18O6. The third-order valence-electron chi connectivity index (χ3n) is 3.06. The number of hydrogen-bond donors (Lipinski definition) is 1. The van der Waals surface area contributed by atoms with Crippen LogP contribution in [0.25, 0.3) is 0 Å². The van der Waals surface area contributed by atoms with E-state index in [2.05, 4.69) is 0 Å². The summed E-state index contributed by atoms with van der Waals surface area (Å²) in [7, 11) is 3.08. The fraction of sp³-hybridized carbons (Fsp3) is 0.235.